The standard InChI is InChI=1S/C13H27N3O/c1-9(2)6-12(13(17)14-4)15-11-7-10(3)16(5)8-11/h9-12,15H,6-8H2,1-5H3,(H,14,17). The van der Waals surface area contributed by atoms with Gasteiger partial charge in [0.05, 0.1) is 6.04 Å². The summed E-state index contributed by atoms with van der Waals surface area (Å²) in [4.78, 5) is 14.2. The van der Waals surface area contributed by atoms with E-state index in [1.165, 1.54) is 0 Å². The van der Waals surface area contributed by atoms with Gasteiger partial charge in [-0.3, -0.25) is 4.79 Å². The first-order valence-electron chi connectivity index (χ1n) is 6.62. The van der Waals surface area contributed by atoms with E-state index in [1.807, 2.05) is 0 Å². The molecule has 1 aliphatic heterocycles. The number of rotatable bonds is 5. The van der Waals surface area contributed by atoms with Crippen LogP contribution in [0.3, 0.4) is 0 Å². The Morgan fingerprint density at radius 1 is 1.47 bits per heavy atom. The second-order valence-electron chi connectivity index (χ2n) is 5.68. The van der Waals surface area contributed by atoms with Crippen LogP contribution in [0.25, 0.3) is 0 Å². The maximum Gasteiger partial charge on any atom is 0.236 e. The minimum Gasteiger partial charge on any atom is -0.358 e. The molecule has 2 N–H and O–H groups in total. The number of carbonyl (C=O) groups excluding carboxylic acids is 1. The van der Waals surface area contributed by atoms with Gasteiger partial charge < -0.3 is 15.5 Å². The monoisotopic (exact) mass is 241 g/mol. The van der Waals surface area contributed by atoms with Crippen LogP contribution in [0.2, 0.25) is 0 Å². The first-order chi connectivity index (χ1) is 7.93. The first-order valence-corrected chi connectivity index (χ1v) is 6.62. The zero-order valence-corrected chi connectivity index (χ0v) is 11.8. The van der Waals surface area contributed by atoms with Gasteiger partial charge in [-0.1, -0.05) is 13.8 Å². The highest BCUT2D eigenvalue weighted by Crippen LogP contribution is 2.16. The van der Waals surface area contributed by atoms with E-state index in [4.69, 9.17) is 0 Å². The van der Waals surface area contributed by atoms with Crippen molar-refractivity contribution in [3.8, 4) is 0 Å². The van der Waals surface area contributed by atoms with Gasteiger partial charge in [-0.05, 0) is 32.7 Å². The predicted octanol–water partition coefficient (Wildman–Crippen LogP) is 0.829. The fourth-order valence-electron chi connectivity index (χ4n) is 2.50. The third-order valence-corrected chi connectivity index (χ3v) is 3.59. The van der Waals surface area contributed by atoms with Gasteiger partial charge in [0.15, 0.2) is 0 Å². The molecule has 1 saturated heterocycles. The van der Waals surface area contributed by atoms with Crippen LogP contribution in [0.15, 0.2) is 0 Å². The third kappa shape index (κ3) is 4.28. The number of carbonyl (C=O) groups is 1. The van der Waals surface area contributed by atoms with Crippen molar-refractivity contribution in [2.75, 3.05) is 20.6 Å². The van der Waals surface area contributed by atoms with Crippen LogP contribution in [0.1, 0.15) is 33.6 Å². The van der Waals surface area contributed by atoms with E-state index in [-0.39, 0.29) is 11.9 Å². The maximum atomic E-state index is 11.8. The van der Waals surface area contributed by atoms with Gasteiger partial charge >= 0.3 is 0 Å². The normalized spacial score (nSPS) is 27.4. The van der Waals surface area contributed by atoms with E-state index in [2.05, 4.69) is 43.4 Å². The molecule has 0 aromatic carbocycles. The molecule has 0 aromatic heterocycles. The molecule has 4 nitrogen and oxygen atoms in total. The van der Waals surface area contributed by atoms with Crippen molar-refractivity contribution in [1.29, 1.82) is 0 Å². The van der Waals surface area contributed by atoms with Gasteiger partial charge in [0.2, 0.25) is 5.91 Å². The summed E-state index contributed by atoms with van der Waals surface area (Å²) in [5, 5.41) is 6.26. The average Bonchev–Trinajstić information content (AvgIpc) is 2.55. The Morgan fingerprint density at radius 2 is 2.12 bits per heavy atom. The lowest BCUT2D eigenvalue weighted by Crippen LogP contribution is -2.48. The molecule has 0 saturated carbocycles. The molecular weight excluding hydrogens is 214 g/mol. The number of hydrogen-bond acceptors (Lipinski definition) is 3. The Morgan fingerprint density at radius 3 is 2.53 bits per heavy atom. The van der Waals surface area contributed by atoms with Crippen molar-refractivity contribution in [3.05, 3.63) is 0 Å². The third-order valence-electron chi connectivity index (χ3n) is 3.59. The second-order valence-corrected chi connectivity index (χ2v) is 5.68. The Balaban J connectivity index is 2.51. The highest BCUT2D eigenvalue weighted by Gasteiger charge is 2.29. The van der Waals surface area contributed by atoms with Crippen molar-refractivity contribution in [2.24, 2.45) is 5.92 Å². The zero-order valence-electron chi connectivity index (χ0n) is 11.8. The predicted molar refractivity (Wildman–Crippen MR) is 70.9 cm³/mol. The summed E-state index contributed by atoms with van der Waals surface area (Å²) in [6, 6.07) is 0.997. The lowest BCUT2D eigenvalue weighted by molar-refractivity contribution is -0.123. The Bertz CT molecular complexity index is 245. The smallest absolute Gasteiger partial charge is 0.236 e. The van der Waals surface area contributed by atoms with Gasteiger partial charge in [-0.15, -0.1) is 0 Å². The first kappa shape index (κ1) is 14.5. The Labute approximate surface area is 105 Å². The summed E-state index contributed by atoms with van der Waals surface area (Å²) in [5.41, 5.74) is 0. The van der Waals surface area contributed by atoms with Crippen molar-refractivity contribution in [3.63, 3.8) is 0 Å². The van der Waals surface area contributed by atoms with E-state index < -0.39 is 0 Å². The number of nitrogens with zero attached hydrogens (tertiary/aromatic N) is 1. The Kier molecular flexibility index (Phi) is 5.40. The molecule has 3 unspecified atom stereocenters. The van der Waals surface area contributed by atoms with Gasteiger partial charge in [0, 0.05) is 25.7 Å². The topological polar surface area (TPSA) is 44.4 Å². The lowest BCUT2D eigenvalue weighted by Gasteiger charge is -2.23. The number of likely N-dealkylation sites (tertiary alicyclic amines) is 1. The number of nitrogens with one attached hydrogen (secondary N) is 2. The summed E-state index contributed by atoms with van der Waals surface area (Å²) in [5.74, 6) is 0.641. The lowest BCUT2D eigenvalue weighted by atomic mass is 10.0. The number of likely N-dealkylation sites (N-methyl/N-ethyl adjacent to an activating group) is 2. The largest absolute Gasteiger partial charge is 0.358 e. The molecule has 0 bridgehead atoms. The van der Waals surface area contributed by atoms with Crippen LogP contribution in [0, 0.1) is 5.92 Å². The molecule has 1 aliphatic rings. The molecule has 17 heavy (non-hydrogen) atoms. The van der Waals surface area contributed by atoms with Crippen LogP contribution >= 0.6 is 0 Å². The van der Waals surface area contributed by atoms with Gasteiger partial charge in [-0.25, -0.2) is 0 Å². The summed E-state index contributed by atoms with van der Waals surface area (Å²) in [7, 11) is 3.85. The van der Waals surface area contributed by atoms with Crippen LogP contribution in [-0.2, 0) is 4.79 Å². The van der Waals surface area contributed by atoms with E-state index >= 15 is 0 Å². The maximum absolute atomic E-state index is 11.8. The quantitative estimate of drug-likeness (QED) is 0.749. The highest BCUT2D eigenvalue weighted by atomic mass is 16.2. The van der Waals surface area contributed by atoms with Crippen LogP contribution < -0.4 is 10.6 Å². The fraction of sp³-hybridized carbons (Fsp3) is 0.923. The van der Waals surface area contributed by atoms with Gasteiger partial charge in [0.1, 0.15) is 0 Å². The minimum absolute atomic E-state index is 0.0521. The molecule has 0 radical (unpaired) electrons. The van der Waals surface area contributed by atoms with Crippen molar-refractivity contribution >= 4 is 5.91 Å². The van der Waals surface area contributed by atoms with Crippen LogP contribution in [0.4, 0.5) is 0 Å². The highest BCUT2D eigenvalue weighted by molar-refractivity contribution is 5.81. The molecular formula is C13H27N3O. The molecule has 100 valence electrons. The molecule has 4 heteroatoms. The molecule has 0 spiro atoms. The van der Waals surface area contributed by atoms with Gasteiger partial charge in [-0.2, -0.15) is 0 Å². The van der Waals surface area contributed by atoms with E-state index in [0.717, 1.165) is 19.4 Å². The molecule has 0 aliphatic carbocycles. The fourth-order valence-corrected chi connectivity index (χ4v) is 2.50. The summed E-state index contributed by atoms with van der Waals surface area (Å²) < 4.78 is 0. The SMILES string of the molecule is CNC(=O)C(CC(C)C)NC1CC(C)N(C)C1. The van der Waals surface area contributed by atoms with Gasteiger partial charge in [0.25, 0.3) is 0 Å². The van der Waals surface area contributed by atoms with Crippen LogP contribution in [0.5, 0.6) is 0 Å². The van der Waals surface area contributed by atoms with Crippen LogP contribution in [-0.4, -0.2) is 49.6 Å². The summed E-state index contributed by atoms with van der Waals surface area (Å²) in [6.07, 6.45) is 2.02. The molecule has 3 atom stereocenters. The van der Waals surface area contributed by atoms with E-state index in [9.17, 15) is 4.79 Å². The van der Waals surface area contributed by atoms with Crippen molar-refractivity contribution < 1.29 is 4.79 Å². The Hall–Kier alpha value is -0.610. The average molecular weight is 241 g/mol. The van der Waals surface area contributed by atoms with E-state index in [0.29, 0.717) is 18.0 Å². The molecule has 1 rings (SSSR count). The molecule has 0 aromatic rings. The number of amides is 1. The molecule has 1 fully saturated rings. The van der Waals surface area contributed by atoms with E-state index in [1.54, 1.807) is 7.05 Å². The second kappa shape index (κ2) is 6.36. The number of hydrogen-bond donors (Lipinski definition) is 2. The molecule has 1 heterocycles. The van der Waals surface area contributed by atoms with Crippen molar-refractivity contribution in [1.82, 2.24) is 15.5 Å². The van der Waals surface area contributed by atoms with Crippen molar-refractivity contribution in [2.45, 2.75) is 51.7 Å². The molecule has 1 amide bonds. The zero-order chi connectivity index (χ0) is 13.0. The summed E-state index contributed by atoms with van der Waals surface area (Å²) >= 11 is 0. The summed E-state index contributed by atoms with van der Waals surface area (Å²) in [6.45, 7) is 7.58. The minimum atomic E-state index is -0.0521.